The van der Waals surface area contributed by atoms with Gasteiger partial charge in [-0.1, -0.05) is 0 Å². The molecule has 0 amide bonds. The van der Waals surface area contributed by atoms with Gasteiger partial charge in [-0.3, -0.25) is 5.10 Å². The van der Waals surface area contributed by atoms with E-state index < -0.39 is 11.6 Å². The SMILES string of the molecule is Fc1cc(F)cc(-c2nsc(Nc3cn[nH]c3)n2)c1. The summed E-state index contributed by atoms with van der Waals surface area (Å²) in [6.45, 7) is 0. The van der Waals surface area contributed by atoms with E-state index >= 15 is 0 Å². The predicted molar refractivity (Wildman–Crippen MR) is 67.1 cm³/mol. The number of halogens is 2. The number of H-pyrrole nitrogens is 1. The Morgan fingerprint density at radius 1 is 1.16 bits per heavy atom. The van der Waals surface area contributed by atoms with Crippen molar-refractivity contribution in [3.05, 3.63) is 42.2 Å². The third-order valence-electron chi connectivity index (χ3n) is 2.30. The zero-order chi connectivity index (χ0) is 13.2. The molecule has 3 rings (SSSR count). The Labute approximate surface area is 110 Å². The average Bonchev–Trinajstić information content (AvgIpc) is 2.99. The summed E-state index contributed by atoms with van der Waals surface area (Å²) in [6.07, 6.45) is 3.24. The molecule has 0 saturated carbocycles. The number of aromatic amines is 1. The van der Waals surface area contributed by atoms with Crippen LogP contribution in [0.2, 0.25) is 0 Å². The lowest BCUT2D eigenvalue weighted by atomic mass is 10.2. The van der Waals surface area contributed by atoms with Crippen LogP contribution in [0, 0.1) is 11.6 Å². The van der Waals surface area contributed by atoms with Crippen LogP contribution in [0.4, 0.5) is 19.6 Å². The van der Waals surface area contributed by atoms with Crippen molar-refractivity contribution in [3.63, 3.8) is 0 Å². The Morgan fingerprint density at radius 2 is 1.95 bits per heavy atom. The first kappa shape index (κ1) is 11.7. The number of anilines is 2. The molecule has 8 heteroatoms. The highest BCUT2D eigenvalue weighted by molar-refractivity contribution is 7.09. The highest BCUT2D eigenvalue weighted by Gasteiger charge is 2.09. The molecule has 0 radical (unpaired) electrons. The predicted octanol–water partition coefficient (Wildman–Crippen LogP) is 2.95. The van der Waals surface area contributed by atoms with Crippen LogP contribution in [-0.4, -0.2) is 19.6 Å². The first-order valence-electron chi connectivity index (χ1n) is 5.27. The Hall–Kier alpha value is -2.35. The minimum Gasteiger partial charge on any atom is -0.328 e. The van der Waals surface area contributed by atoms with Crippen molar-refractivity contribution in [2.75, 3.05) is 5.32 Å². The van der Waals surface area contributed by atoms with Crippen LogP contribution in [0.25, 0.3) is 11.4 Å². The molecule has 96 valence electrons. The summed E-state index contributed by atoms with van der Waals surface area (Å²) in [4.78, 5) is 4.16. The van der Waals surface area contributed by atoms with Gasteiger partial charge in [0.1, 0.15) is 11.6 Å². The molecular formula is C11H7F2N5S. The highest BCUT2D eigenvalue weighted by atomic mass is 32.1. The topological polar surface area (TPSA) is 66.5 Å². The van der Waals surface area contributed by atoms with Crippen LogP contribution in [0.3, 0.4) is 0 Å². The van der Waals surface area contributed by atoms with Gasteiger partial charge >= 0.3 is 0 Å². The van der Waals surface area contributed by atoms with Crippen molar-refractivity contribution in [1.82, 2.24) is 19.6 Å². The fraction of sp³-hybridized carbons (Fsp3) is 0. The van der Waals surface area contributed by atoms with Gasteiger partial charge < -0.3 is 5.32 Å². The van der Waals surface area contributed by atoms with Gasteiger partial charge in [-0.2, -0.15) is 14.5 Å². The molecule has 0 unspecified atom stereocenters. The van der Waals surface area contributed by atoms with E-state index in [1.807, 2.05) is 0 Å². The molecule has 0 aliphatic carbocycles. The molecule has 2 N–H and O–H groups in total. The number of rotatable bonds is 3. The van der Waals surface area contributed by atoms with Crippen molar-refractivity contribution in [1.29, 1.82) is 0 Å². The number of hydrogen-bond acceptors (Lipinski definition) is 5. The number of hydrogen-bond donors (Lipinski definition) is 2. The third-order valence-corrected chi connectivity index (χ3v) is 2.93. The van der Waals surface area contributed by atoms with Gasteiger partial charge in [0.25, 0.3) is 0 Å². The lowest BCUT2D eigenvalue weighted by molar-refractivity contribution is 0.584. The van der Waals surface area contributed by atoms with Crippen molar-refractivity contribution >= 4 is 22.4 Å². The van der Waals surface area contributed by atoms with E-state index in [0.717, 1.165) is 23.3 Å². The number of aromatic nitrogens is 4. The Balaban J connectivity index is 1.88. The molecule has 0 spiro atoms. The minimum absolute atomic E-state index is 0.273. The van der Waals surface area contributed by atoms with E-state index in [4.69, 9.17) is 0 Å². The Bertz CT molecular complexity index is 675. The molecule has 2 aromatic heterocycles. The van der Waals surface area contributed by atoms with E-state index in [-0.39, 0.29) is 5.82 Å². The number of nitrogens with zero attached hydrogens (tertiary/aromatic N) is 3. The molecule has 0 saturated heterocycles. The summed E-state index contributed by atoms with van der Waals surface area (Å²) >= 11 is 1.10. The van der Waals surface area contributed by atoms with Crippen molar-refractivity contribution in [3.8, 4) is 11.4 Å². The second-order valence-corrected chi connectivity index (χ2v) is 4.45. The molecule has 0 aliphatic rings. The lowest BCUT2D eigenvalue weighted by Crippen LogP contribution is -1.89. The first-order chi connectivity index (χ1) is 9.20. The Kier molecular flexibility index (Phi) is 2.92. The molecule has 3 aromatic rings. The highest BCUT2D eigenvalue weighted by Crippen LogP contribution is 2.24. The van der Waals surface area contributed by atoms with Crippen molar-refractivity contribution in [2.24, 2.45) is 0 Å². The van der Waals surface area contributed by atoms with Crippen LogP contribution >= 0.6 is 11.5 Å². The monoisotopic (exact) mass is 279 g/mol. The molecule has 0 atom stereocenters. The third kappa shape index (κ3) is 2.58. The van der Waals surface area contributed by atoms with Crippen LogP contribution in [0.15, 0.2) is 30.6 Å². The zero-order valence-electron chi connectivity index (χ0n) is 9.39. The minimum atomic E-state index is -0.658. The van der Waals surface area contributed by atoms with Gasteiger partial charge in [-0.05, 0) is 12.1 Å². The summed E-state index contributed by atoms with van der Waals surface area (Å²) in [5.41, 5.74) is 1.03. The van der Waals surface area contributed by atoms with Gasteiger partial charge in [-0.15, -0.1) is 0 Å². The first-order valence-corrected chi connectivity index (χ1v) is 6.04. The zero-order valence-corrected chi connectivity index (χ0v) is 10.2. The van der Waals surface area contributed by atoms with Crippen LogP contribution in [0.5, 0.6) is 0 Å². The maximum Gasteiger partial charge on any atom is 0.207 e. The van der Waals surface area contributed by atoms with E-state index in [1.165, 1.54) is 12.1 Å². The lowest BCUT2D eigenvalue weighted by Gasteiger charge is -1.97. The van der Waals surface area contributed by atoms with Crippen molar-refractivity contribution < 1.29 is 8.78 Å². The van der Waals surface area contributed by atoms with Crippen LogP contribution < -0.4 is 5.32 Å². The maximum atomic E-state index is 13.1. The molecule has 1 aromatic carbocycles. The molecule has 5 nitrogen and oxygen atoms in total. The molecular weight excluding hydrogens is 272 g/mol. The van der Waals surface area contributed by atoms with E-state index in [2.05, 4.69) is 24.9 Å². The van der Waals surface area contributed by atoms with Crippen LogP contribution in [0.1, 0.15) is 0 Å². The van der Waals surface area contributed by atoms with Crippen molar-refractivity contribution in [2.45, 2.75) is 0 Å². The number of benzene rings is 1. The summed E-state index contributed by atoms with van der Waals surface area (Å²) in [5, 5.41) is 9.91. The quantitative estimate of drug-likeness (QED) is 0.773. The molecule has 0 fully saturated rings. The van der Waals surface area contributed by atoms with Gasteiger partial charge in [-0.25, -0.2) is 8.78 Å². The smallest absolute Gasteiger partial charge is 0.207 e. The molecule has 19 heavy (non-hydrogen) atoms. The fourth-order valence-electron chi connectivity index (χ4n) is 1.52. The summed E-state index contributed by atoms with van der Waals surface area (Å²) < 4.78 is 30.3. The van der Waals surface area contributed by atoms with Crippen LogP contribution in [-0.2, 0) is 0 Å². The Morgan fingerprint density at radius 3 is 2.63 bits per heavy atom. The molecule has 2 heterocycles. The van der Waals surface area contributed by atoms with Gasteiger partial charge in [0.15, 0.2) is 5.82 Å². The number of nitrogens with one attached hydrogen (secondary N) is 2. The van der Waals surface area contributed by atoms with Gasteiger partial charge in [0.2, 0.25) is 5.13 Å². The normalized spacial score (nSPS) is 10.6. The average molecular weight is 279 g/mol. The van der Waals surface area contributed by atoms with Gasteiger partial charge in [0.05, 0.1) is 11.9 Å². The standard InChI is InChI=1S/C11H7F2N5S/c12-7-1-6(2-8(13)3-7)10-17-11(19-18-10)16-9-4-14-15-5-9/h1-5H,(H,14,15)(H,16,17,18). The summed E-state index contributed by atoms with van der Waals surface area (Å²) in [7, 11) is 0. The summed E-state index contributed by atoms with van der Waals surface area (Å²) in [5.74, 6) is -1.04. The largest absolute Gasteiger partial charge is 0.328 e. The van der Waals surface area contributed by atoms with Gasteiger partial charge in [0, 0.05) is 29.4 Å². The maximum absolute atomic E-state index is 13.1. The molecule has 0 bridgehead atoms. The van der Waals surface area contributed by atoms with E-state index in [1.54, 1.807) is 12.4 Å². The second-order valence-electron chi connectivity index (χ2n) is 3.69. The fourth-order valence-corrected chi connectivity index (χ4v) is 2.13. The second kappa shape index (κ2) is 4.73. The molecule has 0 aliphatic heterocycles. The summed E-state index contributed by atoms with van der Waals surface area (Å²) in [6, 6.07) is 3.18. The van der Waals surface area contributed by atoms with E-state index in [0.29, 0.717) is 10.7 Å². The van der Waals surface area contributed by atoms with E-state index in [9.17, 15) is 8.78 Å².